The summed E-state index contributed by atoms with van der Waals surface area (Å²) in [5, 5.41) is 9.39. The molecule has 0 aromatic heterocycles. The molecule has 0 atom stereocenters. The van der Waals surface area contributed by atoms with Crippen molar-refractivity contribution >= 4 is 5.91 Å². The van der Waals surface area contributed by atoms with Crippen LogP contribution < -0.4 is 0 Å². The van der Waals surface area contributed by atoms with E-state index in [0.29, 0.717) is 13.0 Å². The molecule has 0 aliphatic rings. The van der Waals surface area contributed by atoms with E-state index in [1.54, 1.807) is 29.2 Å². The minimum Gasteiger partial charge on any atom is -0.508 e. The standard InChI is InChI=1S/C15H21NO2/c1-5-9-16(15(2,3)4)14(18)11-12-7-6-8-13(17)10-12/h5-8,10,17H,1,9,11H2,2-4H3. The molecule has 1 rings (SSSR count). The van der Waals surface area contributed by atoms with E-state index in [9.17, 15) is 9.90 Å². The van der Waals surface area contributed by atoms with Crippen molar-refractivity contribution in [3.8, 4) is 5.75 Å². The lowest BCUT2D eigenvalue weighted by Gasteiger charge is -2.35. The first-order chi connectivity index (χ1) is 8.34. The molecule has 0 spiro atoms. The minimum atomic E-state index is -0.234. The van der Waals surface area contributed by atoms with E-state index in [0.717, 1.165) is 5.56 Å². The van der Waals surface area contributed by atoms with Gasteiger partial charge in [0.05, 0.1) is 6.42 Å². The molecule has 3 heteroatoms. The number of carbonyl (C=O) groups excluding carboxylic acids is 1. The third-order valence-electron chi connectivity index (χ3n) is 2.69. The highest BCUT2D eigenvalue weighted by Crippen LogP contribution is 2.17. The zero-order valence-corrected chi connectivity index (χ0v) is 11.3. The maximum absolute atomic E-state index is 12.3. The van der Waals surface area contributed by atoms with Gasteiger partial charge in [0.25, 0.3) is 0 Å². The Morgan fingerprint density at radius 2 is 2.11 bits per heavy atom. The van der Waals surface area contributed by atoms with Crippen LogP contribution in [0.25, 0.3) is 0 Å². The Morgan fingerprint density at radius 1 is 1.44 bits per heavy atom. The van der Waals surface area contributed by atoms with Gasteiger partial charge in [-0.2, -0.15) is 0 Å². The van der Waals surface area contributed by atoms with Crippen LogP contribution in [0.2, 0.25) is 0 Å². The molecular weight excluding hydrogens is 226 g/mol. The minimum absolute atomic E-state index is 0.0352. The largest absolute Gasteiger partial charge is 0.508 e. The van der Waals surface area contributed by atoms with Gasteiger partial charge in [0.15, 0.2) is 0 Å². The highest BCUT2D eigenvalue weighted by atomic mass is 16.3. The molecule has 0 bridgehead atoms. The van der Waals surface area contributed by atoms with Crippen LogP contribution in [0.4, 0.5) is 0 Å². The Labute approximate surface area is 109 Å². The molecule has 0 aliphatic heterocycles. The second-order valence-corrected chi connectivity index (χ2v) is 5.31. The van der Waals surface area contributed by atoms with Crippen LogP contribution in [-0.4, -0.2) is 28.0 Å². The van der Waals surface area contributed by atoms with Crippen LogP contribution in [-0.2, 0) is 11.2 Å². The number of phenols is 1. The normalized spacial score (nSPS) is 11.1. The molecule has 0 heterocycles. The quantitative estimate of drug-likeness (QED) is 0.831. The van der Waals surface area contributed by atoms with Gasteiger partial charge in [-0.25, -0.2) is 0 Å². The number of rotatable bonds is 4. The topological polar surface area (TPSA) is 40.5 Å². The van der Waals surface area contributed by atoms with Gasteiger partial charge < -0.3 is 10.0 Å². The first-order valence-corrected chi connectivity index (χ1v) is 6.04. The Balaban J connectivity index is 2.82. The van der Waals surface area contributed by atoms with Crippen molar-refractivity contribution in [3.63, 3.8) is 0 Å². The summed E-state index contributed by atoms with van der Waals surface area (Å²) >= 11 is 0. The van der Waals surface area contributed by atoms with Crippen LogP contribution >= 0.6 is 0 Å². The summed E-state index contributed by atoms with van der Waals surface area (Å²) < 4.78 is 0. The van der Waals surface area contributed by atoms with Crippen LogP contribution in [0.15, 0.2) is 36.9 Å². The van der Waals surface area contributed by atoms with Crippen molar-refractivity contribution in [2.75, 3.05) is 6.54 Å². The van der Waals surface area contributed by atoms with E-state index in [2.05, 4.69) is 6.58 Å². The van der Waals surface area contributed by atoms with E-state index in [-0.39, 0.29) is 17.2 Å². The number of hydrogen-bond donors (Lipinski definition) is 1. The zero-order chi connectivity index (χ0) is 13.8. The van der Waals surface area contributed by atoms with E-state index in [1.165, 1.54) is 0 Å². The molecular formula is C15H21NO2. The predicted molar refractivity (Wildman–Crippen MR) is 73.5 cm³/mol. The fourth-order valence-corrected chi connectivity index (χ4v) is 1.82. The fraction of sp³-hybridized carbons (Fsp3) is 0.400. The monoisotopic (exact) mass is 247 g/mol. The molecule has 1 N–H and O–H groups in total. The molecule has 0 saturated carbocycles. The van der Waals surface area contributed by atoms with Gasteiger partial charge in [0, 0.05) is 12.1 Å². The van der Waals surface area contributed by atoms with Crippen molar-refractivity contribution in [1.82, 2.24) is 4.90 Å². The summed E-state index contributed by atoms with van der Waals surface area (Å²) in [7, 11) is 0. The molecule has 0 aliphatic carbocycles. The highest BCUT2D eigenvalue weighted by Gasteiger charge is 2.25. The number of phenolic OH excluding ortho intramolecular Hbond substituents is 1. The smallest absolute Gasteiger partial charge is 0.227 e. The highest BCUT2D eigenvalue weighted by molar-refractivity contribution is 5.79. The Kier molecular flexibility index (Phi) is 4.54. The van der Waals surface area contributed by atoms with Crippen LogP contribution in [0, 0.1) is 0 Å². The summed E-state index contributed by atoms with van der Waals surface area (Å²) in [6.45, 7) is 10.2. The molecule has 1 aromatic rings. The van der Waals surface area contributed by atoms with E-state index in [1.807, 2.05) is 26.8 Å². The predicted octanol–water partition coefficient (Wildman–Crippen LogP) is 2.75. The number of benzene rings is 1. The maximum atomic E-state index is 12.3. The molecule has 1 amide bonds. The van der Waals surface area contributed by atoms with Gasteiger partial charge in [-0.3, -0.25) is 4.79 Å². The van der Waals surface area contributed by atoms with Gasteiger partial charge in [-0.15, -0.1) is 6.58 Å². The third kappa shape index (κ3) is 3.91. The average Bonchev–Trinajstić information content (AvgIpc) is 2.24. The summed E-state index contributed by atoms with van der Waals surface area (Å²) in [5.41, 5.74) is 0.584. The lowest BCUT2D eigenvalue weighted by Crippen LogP contribution is -2.46. The van der Waals surface area contributed by atoms with Crippen LogP contribution in [0.1, 0.15) is 26.3 Å². The second-order valence-electron chi connectivity index (χ2n) is 5.31. The third-order valence-corrected chi connectivity index (χ3v) is 2.69. The second kappa shape index (κ2) is 5.71. The number of hydrogen-bond acceptors (Lipinski definition) is 2. The van der Waals surface area contributed by atoms with E-state index < -0.39 is 0 Å². The van der Waals surface area contributed by atoms with Crippen molar-refractivity contribution in [3.05, 3.63) is 42.5 Å². The van der Waals surface area contributed by atoms with Gasteiger partial charge in [-0.05, 0) is 38.5 Å². The van der Waals surface area contributed by atoms with Crippen molar-refractivity contribution in [2.24, 2.45) is 0 Å². The molecule has 0 unspecified atom stereocenters. The summed E-state index contributed by atoms with van der Waals surface area (Å²) in [4.78, 5) is 14.0. The maximum Gasteiger partial charge on any atom is 0.227 e. The summed E-state index contributed by atoms with van der Waals surface area (Å²) in [5.74, 6) is 0.222. The summed E-state index contributed by atoms with van der Waals surface area (Å²) in [6, 6.07) is 6.80. The molecule has 18 heavy (non-hydrogen) atoms. The van der Waals surface area contributed by atoms with Crippen molar-refractivity contribution < 1.29 is 9.90 Å². The Hall–Kier alpha value is -1.77. The van der Waals surface area contributed by atoms with E-state index >= 15 is 0 Å². The first kappa shape index (κ1) is 14.3. The van der Waals surface area contributed by atoms with Gasteiger partial charge >= 0.3 is 0 Å². The number of nitrogens with zero attached hydrogens (tertiary/aromatic N) is 1. The van der Waals surface area contributed by atoms with Crippen molar-refractivity contribution in [2.45, 2.75) is 32.7 Å². The van der Waals surface area contributed by atoms with Crippen molar-refractivity contribution in [1.29, 1.82) is 0 Å². The Bertz CT molecular complexity index is 432. The molecule has 0 saturated heterocycles. The lowest BCUT2D eigenvalue weighted by atomic mass is 10.0. The molecule has 1 aromatic carbocycles. The molecule has 0 fully saturated rings. The molecule has 0 radical (unpaired) electrons. The van der Waals surface area contributed by atoms with Gasteiger partial charge in [0.2, 0.25) is 5.91 Å². The number of amides is 1. The fourth-order valence-electron chi connectivity index (χ4n) is 1.82. The average molecular weight is 247 g/mol. The van der Waals surface area contributed by atoms with Crippen LogP contribution in [0.5, 0.6) is 5.75 Å². The van der Waals surface area contributed by atoms with Crippen LogP contribution in [0.3, 0.4) is 0 Å². The summed E-state index contributed by atoms with van der Waals surface area (Å²) in [6.07, 6.45) is 2.02. The zero-order valence-electron chi connectivity index (χ0n) is 11.3. The Morgan fingerprint density at radius 3 is 2.61 bits per heavy atom. The number of carbonyl (C=O) groups is 1. The van der Waals surface area contributed by atoms with E-state index in [4.69, 9.17) is 0 Å². The lowest BCUT2D eigenvalue weighted by molar-refractivity contribution is -0.134. The molecule has 98 valence electrons. The number of aromatic hydroxyl groups is 1. The molecule has 3 nitrogen and oxygen atoms in total. The van der Waals surface area contributed by atoms with Gasteiger partial charge in [0.1, 0.15) is 5.75 Å². The first-order valence-electron chi connectivity index (χ1n) is 6.04. The SMILES string of the molecule is C=CCN(C(=O)Cc1cccc(O)c1)C(C)(C)C. The van der Waals surface area contributed by atoms with Gasteiger partial charge in [-0.1, -0.05) is 18.2 Å².